The molecule has 0 bridgehead atoms. The molecule has 4 rings (SSSR count). The lowest BCUT2D eigenvalue weighted by atomic mass is 9.93. The highest BCUT2D eigenvalue weighted by Gasteiger charge is 2.24. The molecule has 2 N–H and O–H groups in total. The number of nitrogens with one attached hydrogen (secondary N) is 1. The average Bonchev–Trinajstić information content (AvgIpc) is 2.99. The van der Waals surface area contributed by atoms with Crippen LogP contribution in [0.15, 0.2) is 68.8 Å². The van der Waals surface area contributed by atoms with E-state index in [1.807, 2.05) is 24.3 Å². The Morgan fingerprint density at radius 3 is 2.39 bits per heavy atom. The molecule has 1 aliphatic heterocycles. The van der Waals surface area contributed by atoms with Crippen molar-refractivity contribution in [2.45, 2.75) is 37.5 Å². The number of sulfonamides is 1. The van der Waals surface area contributed by atoms with Crippen LogP contribution in [-0.4, -0.2) is 52.3 Å². The van der Waals surface area contributed by atoms with Gasteiger partial charge >= 0.3 is 0 Å². The fourth-order valence-corrected chi connectivity index (χ4v) is 6.86. The molecule has 1 aliphatic carbocycles. The van der Waals surface area contributed by atoms with Gasteiger partial charge in [0.25, 0.3) is 0 Å². The Balaban J connectivity index is 2.06. The lowest BCUT2D eigenvalue weighted by Gasteiger charge is -2.22. The molecule has 2 aromatic carbocycles. The molecule has 0 aromatic heterocycles. The summed E-state index contributed by atoms with van der Waals surface area (Å²) < 4.78 is 41.8. The molecule has 0 saturated carbocycles. The zero-order valence-electron chi connectivity index (χ0n) is 23.5. The van der Waals surface area contributed by atoms with Crippen LogP contribution in [0.3, 0.4) is 0 Å². The summed E-state index contributed by atoms with van der Waals surface area (Å²) >= 11 is 6.41. The molecule has 2 aliphatic rings. The van der Waals surface area contributed by atoms with Gasteiger partial charge < -0.3 is 9.32 Å². The maximum Gasteiger partial charge on any atom is 0.240 e. The fraction of sp³-hybridized carbons (Fsp3) is 0.345. The first kappa shape index (κ1) is 31.3. The van der Waals surface area contributed by atoms with Crippen LogP contribution >= 0.6 is 23.6 Å². The van der Waals surface area contributed by atoms with E-state index in [0.717, 1.165) is 53.7 Å². The Labute approximate surface area is 249 Å². The lowest BCUT2D eigenvalue weighted by molar-refractivity contribution is -0.432. The van der Waals surface area contributed by atoms with Gasteiger partial charge in [0, 0.05) is 64.7 Å². The predicted molar refractivity (Wildman–Crippen MR) is 165 cm³/mol. The molecule has 0 atom stereocenters. The summed E-state index contributed by atoms with van der Waals surface area (Å²) in [5.74, 6) is 0.820. The number of rotatable bonds is 13. The predicted octanol–water partition coefficient (Wildman–Crippen LogP) is 5.81. The molecule has 0 amide bonds. The third-order valence-corrected chi connectivity index (χ3v) is 9.31. The minimum atomic E-state index is -3.83. The molecule has 0 saturated heterocycles. The summed E-state index contributed by atoms with van der Waals surface area (Å²) in [5.41, 5.74) is 4.08. The molecule has 220 valence electrons. The van der Waals surface area contributed by atoms with Gasteiger partial charge in [0.1, 0.15) is 24.4 Å². The van der Waals surface area contributed by atoms with Crippen molar-refractivity contribution in [3.05, 3.63) is 60.0 Å². The van der Waals surface area contributed by atoms with Crippen molar-refractivity contribution in [2.24, 2.45) is 0 Å². The second kappa shape index (κ2) is 14.0. The van der Waals surface area contributed by atoms with Crippen LogP contribution < -0.4 is 19.6 Å². The third kappa shape index (κ3) is 6.72. The first-order chi connectivity index (χ1) is 19.8. The number of alkyl halides is 1. The monoisotopic (exact) mass is 620 g/mol. The van der Waals surface area contributed by atoms with Crippen molar-refractivity contribution in [1.82, 2.24) is 9.30 Å². The van der Waals surface area contributed by atoms with Crippen molar-refractivity contribution < 1.29 is 27.5 Å². The summed E-state index contributed by atoms with van der Waals surface area (Å²) in [6, 6.07) is 16.9. The smallest absolute Gasteiger partial charge is 0.240 e. The lowest BCUT2D eigenvalue weighted by Crippen LogP contribution is -2.29. The summed E-state index contributed by atoms with van der Waals surface area (Å²) in [4.78, 5) is 2.69. The van der Waals surface area contributed by atoms with Crippen LogP contribution in [-0.2, 0) is 19.4 Å². The van der Waals surface area contributed by atoms with Crippen molar-refractivity contribution in [1.29, 1.82) is 0 Å². The summed E-state index contributed by atoms with van der Waals surface area (Å²) in [6.45, 7) is 11.9. The van der Waals surface area contributed by atoms with E-state index in [1.165, 1.54) is 12.1 Å². The van der Waals surface area contributed by atoms with Crippen LogP contribution in [0.4, 0.5) is 5.69 Å². The van der Waals surface area contributed by atoms with Crippen LogP contribution in [0.2, 0.25) is 0 Å². The van der Waals surface area contributed by atoms with E-state index in [1.54, 1.807) is 6.07 Å². The maximum absolute atomic E-state index is 12.9. The van der Waals surface area contributed by atoms with Crippen molar-refractivity contribution in [3.8, 4) is 22.5 Å². The average molecular weight is 621 g/mol. The standard InChI is InChI=1S/C29H34ClN3O6S2/c1-5-32(6-2)20-9-12-23-26(17-20)37-27-18-21(33(7-3)8-4)10-13-24(27)29(23)25-14-11-22(19-28(25)40-39-38-34)41(35,36)31-16-15-30/h9-14,17-19,31H,5-8,15-16H2,1-4H3/p+1. The van der Waals surface area contributed by atoms with Gasteiger partial charge in [-0.2, -0.15) is 0 Å². The topological polar surface area (TPSA) is 104 Å². The van der Waals surface area contributed by atoms with Gasteiger partial charge in [-0.05, 0) is 63.6 Å². The summed E-state index contributed by atoms with van der Waals surface area (Å²) in [7, 11) is -3.83. The Hall–Kier alpha value is -2.64. The van der Waals surface area contributed by atoms with Crippen LogP contribution in [0, 0.1) is 0 Å². The quantitative estimate of drug-likeness (QED) is 0.0482. The molecule has 41 heavy (non-hydrogen) atoms. The van der Waals surface area contributed by atoms with E-state index >= 15 is 0 Å². The van der Waals surface area contributed by atoms with E-state index in [-0.39, 0.29) is 17.3 Å². The molecule has 0 fully saturated rings. The maximum atomic E-state index is 12.9. The molecule has 0 radical (unpaired) electrons. The highest BCUT2D eigenvalue weighted by molar-refractivity contribution is 7.94. The van der Waals surface area contributed by atoms with Gasteiger partial charge in [-0.25, -0.2) is 23.0 Å². The molecular weight excluding hydrogens is 586 g/mol. The molecule has 9 nitrogen and oxygen atoms in total. The first-order valence-corrected chi connectivity index (χ1v) is 16.3. The summed E-state index contributed by atoms with van der Waals surface area (Å²) in [5, 5.41) is 14.7. The minimum absolute atomic E-state index is 0.0253. The van der Waals surface area contributed by atoms with Gasteiger partial charge in [-0.1, -0.05) is 11.1 Å². The van der Waals surface area contributed by atoms with Crippen molar-refractivity contribution >= 4 is 50.3 Å². The van der Waals surface area contributed by atoms with Crippen LogP contribution in [0.1, 0.15) is 27.7 Å². The zero-order chi connectivity index (χ0) is 29.6. The van der Waals surface area contributed by atoms with Gasteiger partial charge in [0.2, 0.25) is 15.4 Å². The molecular formula is C29H35ClN3O6S2+. The highest BCUT2D eigenvalue weighted by Crippen LogP contribution is 2.44. The van der Waals surface area contributed by atoms with E-state index in [9.17, 15) is 8.42 Å². The molecule has 2 aromatic rings. The number of fused-ring (bicyclic) bond motifs is 2. The SMILES string of the molecule is CCN(CC)c1ccc2c(-c3ccc(S(=O)(=O)NCCCl)cc3SOOO)c3ccc(=[N+](CC)CC)cc-3oc2c1. The largest absolute Gasteiger partial charge is 0.456 e. The van der Waals surface area contributed by atoms with Gasteiger partial charge in [0.15, 0.2) is 0 Å². The van der Waals surface area contributed by atoms with Gasteiger partial charge in [-0.15, -0.1) is 15.9 Å². The normalized spacial score (nSPS) is 11.9. The number of hydrogen-bond acceptors (Lipinski definition) is 8. The fourth-order valence-electron chi connectivity index (χ4n) is 4.98. The number of hydrogen-bond donors (Lipinski definition) is 2. The molecule has 12 heteroatoms. The van der Waals surface area contributed by atoms with Crippen LogP contribution in [0.25, 0.3) is 33.4 Å². The van der Waals surface area contributed by atoms with Gasteiger partial charge in [-0.3, -0.25) is 0 Å². The Morgan fingerprint density at radius 1 is 1.00 bits per heavy atom. The summed E-state index contributed by atoms with van der Waals surface area (Å²) in [6.07, 6.45) is 0. The molecule has 1 heterocycles. The Bertz CT molecular complexity index is 1650. The van der Waals surface area contributed by atoms with Crippen LogP contribution in [0.5, 0.6) is 0 Å². The third-order valence-electron chi connectivity index (χ3n) is 7.02. The highest BCUT2D eigenvalue weighted by atomic mass is 35.5. The second-order valence-electron chi connectivity index (χ2n) is 9.15. The Kier molecular flexibility index (Phi) is 10.7. The first-order valence-electron chi connectivity index (χ1n) is 13.5. The zero-order valence-corrected chi connectivity index (χ0v) is 25.9. The molecule has 0 unspecified atom stereocenters. The van der Waals surface area contributed by atoms with Crippen molar-refractivity contribution in [2.75, 3.05) is 43.5 Å². The second-order valence-corrected chi connectivity index (χ2v) is 12.0. The number of nitrogens with zero attached hydrogens (tertiary/aromatic N) is 2. The Morgan fingerprint density at radius 2 is 1.73 bits per heavy atom. The number of benzene rings is 3. The number of halogens is 1. The van der Waals surface area contributed by atoms with Crippen molar-refractivity contribution in [3.63, 3.8) is 0 Å². The van der Waals surface area contributed by atoms with E-state index < -0.39 is 10.0 Å². The number of anilines is 1. The van der Waals surface area contributed by atoms with E-state index in [2.05, 4.69) is 59.1 Å². The van der Waals surface area contributed by atoms with Gasteiger partial charge in [0.05, 0.1) is 23.0 Å². The van der Waals surface area contributed by atoms with E-state index in [4.69, 9.17) is 25.6 Å². The van der Waals surface area contributed by atoms with E-state index in [0.29, 0.717) is 33.8 Å². The minimum Gasteiger partial charge on any atom is -0.456 e. The molecule has 0 spiro atoms.